The van der Waals surface area contributed by atoms with Crippen LogP contribution in [0, 0.1) is 11.6 Å². The number of halogens is 2. The van der Waals surface area contributed by atoms with Crippen molar-refractivity contribution in [2.24, 2.45) is 0 Å². The van der Waals surface area contributed by atoms with Crippen molar-refractivity contribution >= 4 is 5.91 Å². The largest absolute Gasteiger partial charge is 0.348 e. The predicted molar refractivity (Wildman–Crippen MR) is 88.6 cm³/mol. The summed E-state index contributed by atoms with van der Waals surface area (Å²) >= 11 is 0. The first-order valence-corrected chi connectivity index (χ1v) is 8.14. The molecule has 2 aromatic rings. The normalized spacial score (nSPS) is 18.3. The molecule has 0 aliphatic carbocycles. The Labute approximate surface area is 140 Å². The van der Waals surface area contributed by atoms with E-state index in [4.69, 9.17) is 0 Å². The number of piperidine rings is 1. The van der Waals surface area contributed by atoms with Crippen LogP contribution in [0.4, 0.5) is 8.78 Å². The Balaban J connectivity index is 1.61. The summed E-state index contributed by atoms with van der Waals surface area (Å²) in [4.78, 5) is 14.5. The van der Waals surface area contributed by atoms with E-state index in [2.05, 4.69) is 22.3 Å². The molecule has 1 aliphatic rings. The Morgan fingerprint density at radius 3 is 2.75 bits per heavy atom. The van der Waals surface area contributed by atoms with Gasteiger partial charge in [-0.2, -0.15) is 0 Å². The molecule has 1 fully saturated rings. The molecule has 0 unspecified atom stereocenters. The van der Waals surface area contributed by atoms with E-state index in [0.29, 0.717) is 6.54 Å². The number of carbonyl (C=O) groups excluding carboxylic acids is 1. The van der Waals surface area contributed by atoms with Gasteiger partial charge in [0.1, 0.15) is 11.6 Å². The number of nitrogens with zero attached hydrogens (tertiary/aromatic N) is 1. The lowest BCUT2D eigenvalue weighted by molar-refractivity contribution is 0.0896. The first kappa shape index (κ1) is 16.6. The highest BCUT2D eigenvalue weighted by Crippen LogP contribution is 2.15. The fraction of sp³-hybridized carbons (Fsp3) is 0.316. The minimum absolute atomic E-state index is 0.0578. The van der Waals surface area contributed by atoms with E-state index in [0.717, 1.165) is 44.1 Å². The monoisotopic (exact) mass is 330 g/mol. The van der Waals surface area contributed by atoms with Crippen molar-refractivity contribution in [2.75, 3.05) is 13.1 Å². The average Bonchev–Trinajstić information content (AvgIpc) is 2.58. The van der Waals surface area contributed by atoms with Gasteiger partial charge < -0.3 is 5.32 Å². The van der Waals surface area contributed by atoms with Gasteiger partial charge >= 0.3 is 0 Å². The fourth-order valence-corrected chi connectivity index (χ4v) is 3.09. The summed E-state index contributed by atoms with van der Waals surface area (Å²) in [7, 11) is 0. The lowest BCUT2D eigenvalue weighted by Crippen LogP contribution is -2.47. The summed E-state index contributed by atoms with van der Waals surface area (Å²) in [6, 6.07) is 13.0. The summed E-state index contributed by atoms with van der Waals surface area (Å²) < 4.78 is 26.9. The first-order valence-electron chi connectivity index (χ1n) is 8.14. The lowest BCUT2D eigenvalue weighted by Gasteiger charge is -2.33. The van der Waals surface area contributed by atoms with Crippen LogP contribution in [0.1, 0.15) is 28.8 Å². The summed E-state index contributed by atoms with van der Waals surface area (Å²) in [6.45, 7) is 2.49. The van der Waals surface area contributed by atoms with Crippen molar-refractivity contribution in [2.45, 2.75) is 25.4 Å². The number of carbonyl (C=O) groups is 1. The van der Waals surface area contributed by atoms with Gasteiger partial charge in [0.15, 0.2) is 0 Å². The van der Waals surface area contributed by atoms with Crippen molar-refractivity contribution < 1.29 is 13.6 Å². The van der Waals surface area contributed by atoms with Crippen LogP contribution in [0.2, 0.25) is 0 Å². The second-order valence-electron chi connectivity index (χ2n) is 6.16. The van der Waals surface area contributed by atoms with Gasteiger partial charge in [-0.3, -0.25) is 9.69 Å². The van der Waals surface area contributed by atoms with E-state index in [1.165, 1.54) is 5.56 Å². The second kappa shape index (κ2) is 7.53. The van der Waals surface area contributed by atoms with E-state index < -0.39 is 17.5 Å². The second-order valence-corrected chi connectivity index (χ2v) is 6.16. The number of amides is 1. The first-order chi connectivity index (χ1) is 11.6. The van der Waals surface area contributed by atoms with Crippen LogP contribution in [-0.4, -0.2) is 29.9 Å². The molecular formula is C19H20F2N2O. The number of likely N-dealkylation sites (tertiary alicyclic amines) is 1. The third-order valence-electron chi connectivity index (χ3n) is 4.26. The fourth-order valence-electron chi connectivity index (χ4n) is 3.09. The lowest BCUT2D eigenvalue weighted by atomic mass is 10.0. The van der Waals surface area contributed by atoms with Gasteiger partial charge in [0, 0.05) is 19.1 Å². The number of nitrogens with one attached hydrogen (secondary N) is 1. The third kappa shape index (κ3) is 4.17. The number of benzene rings is 2. The van der Waals surface area contributed by atoms with Gasteiger partial charge in [-0.1, -0.05) is 30.3 Å². The zero-order valence-corrected chi connectivity index (χ0v) is 13.3. The smallest absolute Gasteiger partial charge is 0.254 e. The molecule has 5 heteroatoms. The molecule has 0 bridgehead atoms. The van der Waals surface area contributed by atoms with E-state index in [1.54, 1.807) is 0 Å². The molecule has 1 atom stereocenters. The molecule has 1 amide bonds. The molecule has 1 aliphatic heterocycles. The number of hydrogen-bond donors (Lipinski definition) is 1. The van der Waals surface area contributed by atoms with Crippen LogP contribution in [0.15, 0.2) is 48.5 Å². The Morgan fingerprint density at radius 1 is 1.17 bits per heavy atom. The molecule has 1 heterocycles. The highest BCUT2D eigenvalue weighted by molar-refractivity contribution is 5.94. The zero-order valence-electron chi connectivity index (χ0n) is 13.3. The standard InChI is InChI=1S/C19H20F2N2O/c20-15-8-9-18(21)17(11-15)19(24)22-16-7-4-10-23(13-16)12-14-5-2-1-3-6-14/h1-3,5-6,8-9,11,16H,4,7,10,12-13H2,(H,22,24)/t16-/m0/s1. The average molecular weight is 330 g/mol. The molecule has 0 spiro atoms. The van der Waals surface area contributed by atoms with Gasteiger partial charge in [-0.05, 0) is 43.1 Å². The van der Waals surface area contributed by atoms with Crippen LogP contribution in [0.25, 0.3) is 0 Å². The van der Waals surface area contributed by atoms with Crippen LogP contribution >= 0.6 is 0 Å². The third-order valence-corrected chi connectivity index (χ3v) is 4.26. The maximum Gasteiger partial charge on any atom is 0.254 e. The molecule has 1 saturated heterocycles. The van der Waals surface area contributed by atoms with Crippen molar-refractivity contribution in [3.63, 3.8) is 0 Å². The Kier molecular flexibility index (Phi) is 5.20. The highest BCUT2D eigenvalue weighted by Gasteiger charge is 2.23. The maximum absolute atomic E-state index is 13.7. The summed E-state index contributed by atoms with van der Waals surface area (Å²) in [5.41, 5.74) is 0.982. The topological polar surface area (TPSA) is 32.3 Å². The maximum atomic E-state index is 13.7. The molecular weight excluding hydrogens is 310 g/mol. The van der Waals surface area contributed by atoms with E-state index >= 15 is 0 Å². The highest BCUT2D eigenvalue weighted by atomic mass is 19.1. The molecule has 3 nitrogen and oxygen atoms in total. The summed E-state index contributed by atoms with van der Waals surface area (Å²) in [5, 5.41) is 2.83. The summed E-state index contributed by atoms with van der Waals surface area (Å²) in [5.74, 6) is -1.87. The van der Waals surface area contributed by atoms with Crippen molar-refractivity contribution in [3.8, 4) is 0 Å². The van der Waals surface area contributed by atoms with Gasteiger partial charge in [0.05, 0.1) is 5.56 Å². The quantitative estimate of drug-likeness (QED) is 0.932. The SMILES string of the molecule is O=C(N[C@H]1CCCN(Cc2ccccc2)C1)c1cc(F)ccc1F. The summed E-state index contributed by atoms with van der Waals surface area (Å²) in [6.07, 6.45) is 1.80. The zero-order chi connectivity index (χ0) is 16.9. The minimum atomic E-state index is -0.703. The predicted octanol–water partition coefficient (Wildman–Crippen LogP) is 3.36. The number of hydrogen-bond acceptors (Lipinski definition) is 2. The molecule has 2 aromatic carbocycles. The van der Waals surface area contributed by atoms with Crippen molar-refractivity contribution in [1.29, 1.82) is 0 Å². The molecule has 0 aromatic heterocycles. The van der Waals surface area contributed by atoms with Crippen molar-refractivity contribution in [1.82, 2.24) is 10.2 Å². The van der Waals surface area contributed by atoms with E-state index in [1.807, 2.05) is 18.2 Å². The Bertz CT molecular complexity index is 706. The Hall–Kier alpha value is -2.27. The van der Waals surface area contributed by atoms with Gasteiger partial charge in [0.25, 0.3) is 5.91 Å². The van der Waals surface area contributed by atoms with Gasteiger partial charge in [-0.25, -0.2) is 8.78 Å². The van der Waals surface area contributed by atoms with Crippen LogP contribution in [-0.2, 0) is 6.54 Å². The number of rotatable bonds is 4. The molecule has 24 heavy (non-hydrogen) atoms. The molecule has 1 N–H and O–H groups in total. The van der Waals surface area contributed by atoms with Crippen LogP contribution < -0.4 is 5.32 Å². The van der Waals surface area contributed by atoms with Gasteiger partial charge in [-0.15, -0.1) is 0 Å². The molecule has 3 rings (SSSR count). The molecule has 0 saturated carbocycles. The van der Waals surface area contributed by atoms with E-state index in [9.17, 15) is 13.6 Å². The molecule has 126 valence electrons. The van der Waals surface area contributed by atoms with Crippen LogP contribution in [0.5, 0.6) is 0 Å². The van der Waals surface area contributed by atoms with Crippen LogP contribution in [0.3, 0.4) is 0 Å². The Morgan fingerprint density at radius 2 is 1.96 bits per heavy atom. The van der Waals surface area contributed by atoms with E-state index in [-0.39, 0.29) is 11.6 Å². The minimum Gasteiger partial charge on any atom is -0.348 e. The molecule has 0 radical (unpaired) electrons. The van der Waals surface area contributed by atoms with Crippen molar-refractivity contribution in [3.05, 3.63) is 71.3 Å². The van der Waals surface area contributed by atoms with Gasteiger partial charge in [0.2, 0.25) is 0 Å².